The highest BCUT2D eigenvalue weighted by Crippen LogP contribution is 2.27. The van der Waals surface area contributed by atoms with Gasteiger partial charge in [-0.05, 0) is 50.4 Å². The van der Waals surface area contributed by atoms with Crippen molar-refractivity contribution in [2.45, 2.75) is 52.6 Å². The van der Waals surface area contributed by atoms with Gasteiger partial charge in [0.05, 0.1) is 11.1 Å². The maximum atomic E-state index is 12.7. The van der Waals surface area contributed by atoms with E-state index in [2.05, 4.69) is 22.1 Å². The Labute approximate surface area is 186 Å². The van der Waals surface area contributed by atoms with Gasteiger partial charge in [-0.15, -0.1) is 11.3 Å². The Balaban J connectivity index is 1.44. The van der Waals surface area contributed by atoms with Crippen LogP contribution in [-0.4, -0.2) is 51.6 Å². The summed E-state index contributed by atoms with van der Waals surface area (Å²) in [4.78, 5) is 47.1. The molecule has 3 amide bonds. The molecule has 1 aromatic carbocycles. The topological polar surface area (TPSA) is 82.6 Å². The van der Waals surface area contributed by atoms with Crippen molar-refractivity contribution in [2.75, 3.05) is 18.4 Å². The number of likely N-dealkylation sites (tertiary alicyclic amines) is 1. The third-order valence-electron chi connectivity index (χ3n) is 5.85. The summed E-state index contributed by atoms with van der Waals surface area (Å²) in [7, 11) is 0. The molecule has 1 atom stereocenters. The van der Waals surface area contributed by atoms with Crippen molar-refractivity contribution in [3.05, 3.63) is 46.0 Å². The van der Waals surface area contributed by atoms with Gasteiger partial charge in [0.25, 0.3) is 17.7 Å². The zero-order valence-corrected chi connectivity index (χ0v) is 19.0. The van der Waals surface area contributed by atoms with Crippen LogP contribution in [0.2, 0.25) is 0 Å². The number of carbonyl (C=O) groups excluding carboxylic acids is 3. The second-order valence-corrected chi connectivity index (χ2v) is 9.89. The van der Waals surface area contributed by atoms with Crippen LogP contribution in [-0.2, 0) is 6.54 Å². The molecule has 31 heavy (non-hydrogen) atoms. The van der Waals surface area contributed by atoms with E-state index in [9.17, 15) is 14.4 Å². The van der Waals surface area contributed by atoms with Gasteiger partial charge < -0.3 is 0 Å². The molecule has 4 rings (SSSR count). The lowest BCUT2D eigenvalue weighted by atomic mass is 10.0. The predicted molar refractivity (Wildman–Crippen MR) is 120 cm³/mol. The molecule has 164 valence electrons. The van der Waals surface area contributed by atoms with Gasteiger partial charge >= 0.3 is 0 Å². The second-order valence-electron chi connectivity index (χ2n) is 8.78. The highest BCUT2D eigenvalue weighted by molar-refractivity contribution is 7.15. The van der Waals surface area contributed by atoms with E-state index in [1.165, 1.54) is 41.6 Å². The van der Waals surface area contributed by atoms with E-state index >= 15 is 0 Å². The van der Waals surface area contributed by atoms with Crippen LogP contribution in [0.15, 0.2) is 24.4 Å². The SMILES string of the molecule is CC(C)CN1C(=O)c2ccc(C(=O)Nc3ncc(CN4CCCCC4C)s3)cc2C1=O. The van der Waals surface area contributed by atoms with E-state index in [1.54, 1.807) is 12.1 Å². The predicted octanol–water partition coefficient (Wildman–Crippen LogP) is 4.02. The molecule has 2 aliphatic rings. The zero-order valence-electron chi connectivity index (χ0n) is 18.2. The van der Waals surface area contributed by atoms with Crippen LogP contribution in [0.3, 0.4) is 0 Å². The molecule has 0 saturated carbocycles. The molecule has 0 radical (unpaired) electrons. The highest BCUT2D eigenvalue weighted by Gasteiger charge is 2.36. The van der Waals surface area contributed by atoms with Crippen LogP contribution in [0.25, 0.3) is 0 Å². The van der Waals surface area contributed by atoms with E-state index in [0.717, 1.165) is 18.0 Å². The fourth-order valence-electron chi connectivity index (χ4n) is 4.16. The Morgan fingerprint density at radius 1 is 1.23 bits per heavy atom. The summed E-state index contributed by atoms with van der Waals surface area (Å²) < 4.78 is 0. The Hall–Kier alpha value is -2.58. The highest BCUT2D eigenvalue weighted by atomic mass is 32.1. The van der Waals surface area contributed by atoms with E-state index in [0.29, 0.717) is 28.8 Å². The number of nitrogens with zero attached hydrogens (tertiary/aromatic N) is 3. The number of aromatic nitrogens is 1. The summed E-state index contributed by atoms with van der Waals surface area (Å²) in [5.41, 5.74) is 0.985. The maximum absolute atomic E-state index is 12.7. The molecule has 1 fully saturated rings. The Bertz CT molecular complexity index is 1020. The lowest BCUT2D eigenvalue weighted by Gasteiger charge is -2.32. The van der Waals surface area contributed by atoms with Gasteiger partial charge in [-0.2, -0.15) is 0 Å². The molecule has 1 aromatic heterocycles. The summed E-state index contributed by atoms with van der Waals surface area (Å²) in [6.07, 6.45) is 5.54. The molecular weight excluding hydrogens is 412 g/mol. The van der Waals surface area contributed by atoms with Crippen molar-refractivity contribution >= 4 is 34.2 Å². The summed E-state index contributed by atoms with van der Waals surface area (Å²) in [5, 5.41) is 3.36. The van der Waals surface area contributed by atoms with Crippen molar-refractivity contribution in [1.29, 1.82) is 0 Å². The molecule has 1 unspecified atom stereocenters. The first-order valence-electron chi connectivity index (χ1n) is 10.8. The fraction of sp³-hybridized carbons (Fsp3) is 0.478. The minimum Gasteiger partial charge on any atom is -0.298 e. The quantitative estimate of drug-likeness (QED) is 0.686. The Morgan fingerprint density at radius 2 is 2.00 bits per heavy atom. The standard InChI is InChI=1S/C23H28N4O3S/c1-14(2)12-27-21(29)18-8-7-16(10-19(18)22(27)30)20(28)25-23-24-11-17(31-23)13-26-9-5-4-6-15(26)3/h7-8,10-11,14-15H,4-6,9,12-13H2,1-3H3,(H,24,25,28). The van der Waals surface area contributed by atoms with Crippen LogP contribution < -0.4 is 5.32 Å². The van der Waals surface area contributed by atoms with Crippen molar-refractivity contribution in [3.63, 3.8) is 0 Å². The third kappa shape index (κ3) is 4.55. The summed E-state index contributed by atoms with van der Waals surface area (Å²) in [6, 6.07) is 5.23. The fourth-order valence-corrected chi connectivity index (χ4v) is 5.00. The van der Waals surface area contributed by atoms with Gasteiger partial charge in [0.15, 0.2) is 5.13 Å². The minimum atomic E-state index is -0.337. The number of hydrogen-bond acceptors (Lipinski definition) is 6. The van der Waals surface area contributed by atoms with Crippen LogP contribution in [0.5, 0.6) is 0 Å². The molecule has 2 aromatic rings. The van der Waals surface area contributed by atoms with E-state index < -0.39 is 0 Å². The molecule has 1 saturated heterocycles. The van der Waals surface area contributed by atoms with Gasteiger partial charge in [-0.1, -0.05) is 20.3 Å². The number of anilines is 1. The molecule has 3 heterocycles. The molecule has 7 nitrogen and oxygen atoms in total. The average molecular weight is 441 g/mol. The van der Waals surface area contributed by atoms with E-state index in [-0.39, 0.29) is 29.2 Å². The zero-order chi connectivity index (χ0) is 22.1. The van der Waals surface area contributed by atoms with E-state index in [1.807, 2.05) is 20.0 Å². The van der Waals surface area contributed by atoms with Crippen molar-refractivity contribution in [3.8, 4) is 0 Å². The first-order chi connectivity index (χ1) is 14.8. The number of benzene rings is 1. The number of carbonyl (C=O) groups is 3. The lowest BCUT2D eigenvalue weighted by Crippen LogP contribution is -2.36. The monoisotopic (exact) mass is 440 g/mol. The second kappa shape index (κ2) is 8.88. The largest absolute Gasteiger partial charge is 0.298 e. The first-order valence-corrected chi connectivity index (χ1v) is 11.7. The number of nitrogens with one attached hydrogen (secondary N) is 1. The molecule has 2 aliphatic heterocycles. The normalized spacial score (nSPS) is 19.2. The number of thiazole rings is 1. The smallest absolute Gasteiger partial charge is 0.261 e. The Kier molecular flexibility index (Phi) is 6.20. The number of piperidine rings is 1. The average Bonchev–Trinajstić information content (AvgIpc) is 3.27. The first kappa shape index (κ1) is 21.6. The number of rotatable bonds is 6. The Morgan fingerprint density at radius 3 is 2.74 bits per heavy atom. The van der Waals surface area contributed by atoms with Gasteiger partial charge in [-0.25, -0.2) is 4.98 Å². The van der Waals surface area contributed by atoms with Crippen LogP contribution >= 0.6 is 11.3 Å². The molecule has 0 aliphatic carbocycles. The number of amides is 3. The van der Waals surface area contributed by atoms with Gasteiger partial charge in [-0.3, -0.25) is 29.5 Å². The van der Waals surface area contributed by atoms with E-state index in [4.69, 9.17) is 0 Å². The maximum Gasteiger partial charge on any atom is 0.261 e. The summed E-state index contributed by atoms with van der Waals surface area (Å²) >= 11 is 1.47. The van der Waals surface area contributed by atoms with Crippen LogP contribution in [0, 0.1) is 5.92 Å². The molecule has 0 bridgehead atoms. The molecule has 8 heteroatoms. The van der Waals surface area contributed by atoms with Crippen molar-refractivity contribution in [2.24, 2.45) is 5.92 Å². The van der Waals surface area contributed by atoms with Crippen molar-refractivity contribution < 1.29 is 14.4 Å². The molecule has 1 N–H and O–H groups in total. The van der Waals surface area contributed by atoms with Crippen molar-refractivity contribution in [1.82, 2.24) is 14.8 Å². The summed E-state index contributed by atoms with van der Waals surface area (Å²) in [6.45, 7) is 8.47. The third-order valence-corrected chi connectivity index (χ3v) is 6.75. The number of imide groups is 1. The van der Waals surface area contributed by atoms with Gasteiger partial charge in [0, 0.05) is 35.8 Å². The molecular formula is C23H28N4O3S. The summed E-state index contributed by atoms with van der Waals surface area (Å²) in [5.74, 6) is -0.790. The number of fused-ring (bicyclic) bond motifs is 1. The lowest BCUT2D eigenvalue weighted by molar-refractivity contribution is 0.0636. The molecule has 0 spiro atoms. The van der Waals surface area contributed by atoms with Gasteiger partial charge in [0.2, 0.25) is 0 Å². The van der Waals surface area contributed by atoms with Crippen LogP contribution in [0.1, 0.15) is 76.0 Å². The minimum absolute atomic E-state index is 0.178. The van der Waals surface area contributed by atoms with Crippen LogP contribution in [0.4, 0.5) is 5.13 Å². The number of hydrogen-bond donors (Lipinski definition) is 1. The van der Waals surface area contributed by atoms with Gasteiger partial charge in [0.1, 0.15) is 0 Å².